The molecular formula is C19H23F3N6O. The largest absolute Gasteiger partial charge is 0.453 e. The molecule has 0 bridgehead atoms. The number of amides is 1. The van der Waals surface area contributed by atoms with Crippen molar-refractivity contribution in [1.29, 1.82) is 5.26 Å². The van der Waals surface area contributed by atoms with Gasteiger partial charge in [-0.05, 0) is 44.6 Å². The molecule has 0 radical (unpaired) electrons. The normalized spacial score (nSPS) is 16.6. The van der Waals surface area contributed by atoms with E-state index in [-0.39, 0.29) is 30.4 Å². The molecule has 156 valence electrons. The molecule has 0 aliphatic heterocycles. The summed E-state index contributed by atoms with van der Waals surface area (Å²) in [6.07, 6.45) is 0.920. The minimum absolute atomic E-state index is 0.112. The van der Waals surface area contributed by atoms with Crippen molar-refractivity contribution >= 4 is 11.7 Å². The fourth-order valence-electron chi connectivity index (χ4n) is 3.90. The van der Waals surface area contributed by atoms with Gasteiger partial charge in [0.1, 0.15) is 6.04 Å². The summed E-state index contributed by atoms with van der Waals surface area (Å²) in [5.74, 6) is -1.44. The van der Waals surface area contributed by atoms with Crippen LogP contribution in [0.3, 0.4) is 0 Å². The monoisotopic (exact) mass is 408 g/mol. The number of fused-ring (bicyclic) bond motifs is 1. The molecule has 1 aliphatic rings. The molecule has 1 saturated carbocycles. The van der Waals surface area contributed by atoms with Crippen molar-refractivity contribution in [2.75, 3.05) is 0 Å². The summed E-state index contributed by atoms with van der Waals surface area (Å²) in [6.45, 7) is 3.30. The molecule has 0 aromatic carbocycles. The van der Waals surface area contributed by atoms with E-state index in [1.54, 1.807) is 13.8 Å². The van der Waals surface area contributed by atoms with Gasteiger partial charge in [0.25, 0.3) is 11.6 Å². The Kier molecular flexibility index (Phi) is 6.05. The molecule has 7 nitrogen and oxygen atoms in total. The molecule has 0 spiro atoms. The fourth-order valence-corrected chi connectivity index (χ4v) is 3.90. The highest BCUT2D eigenvalue weighted by Crippen LogP contribution is 2.28. The average Bonchev–Trinajstić information content (AvgIpc) is 3.11. The Labute approximate surface area is 166 Å². The molecule has 1 aliphatic carbocycles. The summed E-state index contributed by atoms with van der Waals surface area (Å²) in [6, 6.07) is 1.69. The second-order valence-corrected chi connectivity index (χ2v) is 7.48. The van der Waals surface area contributed by atoms with Crippen LogP contribution in [0.15, 0.2) is 0 Å². The molecule has 1 atom stereocenters. The zero-order valence-corrected chi connectivity index (χ0v) is 16.4. The number of carbonyl (C=O) groups excluding carboxylic acids is 1. The van der Waals surface area contributed by atoms with Crippen molar-refractivity contribution in [3.05, 3.63) is 22.8 Å². The number of carbonyl (C=O) groups is 1. The smallest absolute Gasteiger partial charge is 0.340 e. The minimum Gasteiger partial charge on any atom is -0.340 e. The molecule has 2 aromatic heterocycles. The van der Waals surface area contributed by atoms with Crippen LogP contribution in [-0.4, -0.2) is 31.5 Å². The van der Waals surface area contributed by atoms with Crippen LogP contribution in [0, 0.1) is 31.1 Å². The van der Waals surface area contributed by atoms with Gasteiger partial charge in [0.2, 0.25) is 5.91 Å². The molecule has 3 rings (SSSR count). The summed E-state index contributed by atoms with van der Waals surface area (Å²) in [7, 11) is 0. The quantitative estimate of drug-likeness (QED) is 0.819. The van der Waals surface area contributed by atoms with Crippen LogP contribution in [-0.2, 0) is 17.4 Å². The van der Waals surface area contributed by atoms with Crippen LogP contribution >= 0.6 is 0 Å². The summed E-state index contributed by atoms with van der Waals surface area (Å²) in [5, 5.41) is 15.7. The molecular weight excluding hydrogens is 385 g/mol. The predicted molar refractivity (Wildman–Crippen MR) is 97.7 cm³/mol. The van der Waals surface area contributed by atoms with E-state index < -0.39 is 18.0 Å². The second-order valence-electron chi connectivity index (χ2n) is 7.48. The minimum atomic E-state index is -4.65. The molecule has 10 heteroatoms. The van der Waals surface area contributed by atoms with Gasteiger partial charge >= 0.3 is 6.18 Å². The molecule has 29 heavy (non-hydrogen) atoms. The standard InChI is InChI=1S/C19H23F3N6O/c1-11-14(12(2)28-18(24-11)26-17(27-28)19(20,21)22)8-9-16(29)25-15(10-23)13-6-4-3-5-7-13/h13,15H,3-9H2,1-2H3,(H,25,29)/t15-/m0/s1. The lowest BCUT2D eigenvalue weighted by molar-refractivity contribution is -0.144. The number of nitrogens with one attached hydrogen (secondary N) is 1. The number of rotatable bonds is 5. The van der Waals surface area contributed by atoms with Crippen molar-refractivity contribution in [2.45, 2.75) is 71.0 Å². The fraction of sp³-hybridized carbons (Fsp3) is 0.632. The third kappa shape index (κ3) is 4.66. The first kappa shape index (κ1) is 21.0. The maximum absolute atomic E-state index is 12.9. The molecule has 1 fully saturated rings. The van der Waals surface area contributed by atoms with Crippen molar-refractivity contribution < 1.29 is 18.0 Å². The first-order valence-corrected chi connectivity index (χ1v) is 9.69. The zero-order valence-electron chi connectivity index (χ0n) is 16.4. The Hall–Kier alpha value is -2.70. The highest BCUT2D eigenvalue weighted by molar-refractivity contribution is 5.77. The Morgan fingerprint density at radius 1 is 1.28 bits per heavy atom. The van der Waals surface area contributed by atoms with Gasteiger partial charge in [0.15, 0.2) is 0 Å². The first-order chi connectivity index (χ1) is 13.7. The number of alkyl halides is 3. The van der Waals surface area contributed by atoms with E-state index in [1.807, 2.05) is 0 Å². The molecule has 1 N–H and O–H groups in total. The highest BCUT2D eigenvalue weighted by atomic mass is 19.4. The third-order valence-electron chi connectivity index (χ3n) is 5.48. The van der Waals surface area contributed by atoms with Gasteiger partial charge in [-0.15, -0.1) is 5.10 Å². The van der Waals surface area contributed by atoms with Crippen LogP contribution in [0.25, 0.3) is 5.78 Å². The van der Waals surface area contributed by atoms with E-state index in [9.17, 15) is 23.2 Å². The van der Waals surface area contributed by atoms with Crippen molar-refractivity contribution in [3.63, 3.8) is 0 Å². The number of halogens is 3. The number of hydrogen-bond donors (Lipinski definition) is 1. The molecule has 2 aromatic rings. The topological polar surface area (TPSA) is 96.0 Å². The zero-order chi connectivity index (χ0) is 21.2. The lowest BCUT2D eigenvalue weighted by atomic mass is 9.84. The van der Waals surface area contributed by atoms with Crippen molar-refractivity contribution in [1.82, 2.24) is 24.9 Å². The Morgan fingerprint density at radius 3 is 2.59 bits per heavy atom. The van der Waals surface area contributed by atoms with Gasteiger partial charge in [-0.1, -0.05) is 19.3 Å². The van der Waals surface area contributed by atoms with Gasteiger partial charge in [-0.25, -0.2) is 9.50 Å². The summed E-state index contributed by atoms with van der Waals surface area (Å²) >= 11 is 0. The second kappa shape index (κ2) is 8.35. The lowest BCUT2D eigenvalue weighted by Gasteiger charge is -2.26. The average molecular weight is 408 g/mol. The van der Waals surface area contributed by atoms with Crippen molar-refractivity contribution in [3.8, 4) is 6.07 Å². The Balaban J connectivity index is 1.71. The number of nitriles is 1. The van der Waals surface area contributed by atoms with Crippen LogP contribution < -0.4 is 5.32 Å². The Bertz CT molecular complexity index is 940. The van der Waals surface area contributed by atoms with Crippen LogP contribution in [0.1, 0.15) is 61.3 Å². The Morgan fingerprint density at radius 2 is 1.97 bits per heavy atom. The van der Waals surface area contributed by atoms with Gasteiger partial charge in [0.05, 0.1) is 6.07 Å². The predicted octanol–water partition coefficient (Wildman–Crippen LogP) is 3.28. The van der Waals surface area contributed by atoms with Crippen LogP contribution in [0.4, 0.5) is 13.2 Å². The number of aromatic nitrogens is 4. The van der Waals surface area contributed by atoms with Crippen LogP contribution in [0.5, 0.6) is 0 Å². The summed E-state index contributed by atoms with van der Waals surface area (Å²) in [4.78, 5) is 19.9. The molecule has 2 heterocycles. The number of hydrogen-bond acceptors (Lipinski definition) is 5. The lowest BCUT2D eigenvalue weighted by Crippen LogP contribution is -2.40. The maximum Gasteiger partial charge on any atom is 0.453 e. The number of nitrogens with zero attached hydrogens (tertiary/aromatic N) is 5. The van der Waals surface area contributed by atoms with E-state index >= 15 is 0 Å². The van der Waals surface area contributed by atoms with Crippen LogP contribution in [0.2, 0.25) is 0 Å². The molecule has 0 saturated heterocycles. The van der Waals surface area contributed by atoms with E-state index in [2.05, 4.69) is 26.5 Å². The molecule has 1 amide bonds. The van der Waals surface area contributed by atoms with E-state index in [4.69, 9.17) is 0 Å². The van der Waals surface area contributed by atoms with Gasteiger partial charge in [-0.2, -0.15) is 23.4 Å². The summed E-state index contributed by atoms with van der Waals surface area (Å²) in [5.41, 5.74) is 1.62. The molecule has 0 unspecified atom stereocenters. The van der Waals surface area contributed by atoms with Gasteiger partial charge in [-0.3, -0.25) is 4.79 Å². The van der Waals surface area contributed by atoms with Crippen molar-refractivity contribution in [2.24, 2.45) is 5.92 Å². The van der Waals surface area contributed by atoms with E-state index in [0.717, 1.165) is 36.6 Å². The maximum atomic E-state index is 12.9. The summed E-state index contributed by atoms with van der Waals surface area (Å²) < 4.78 is 39.7. The SMILES string of the molecule is Cc1nc2nc(C(F)(F)F)nn2c(C)c1CCC(=O)N[C@@H](C#N)C1CCCCC1. The van der Waals surface area contributed by atoms with E-state index in [1.165, 1.54) is 0 Å². The van der Waals surface area contributed by atoms with E-state index in [0.29, 0.717) is 17.0 Å². The first-order valence-electron chi connectivity index (χ1n) is 9.69. The number of aryl methyl sites for hydroxylation is 2. The highest BCUT2D eigenvalue weighted by Gasteiger charge is 2.37. The van der Waals surface area contributed by atoms with Gasteiger partial charge < -0.3 is 5.32 Å². The van der Waals surface area contributed by atoms with Gasteiger partial charge in [0, 0.05) is 17.8 Å². The third-order valence-corrected chi connectivity index (χ3v) is 5.48.